The molecule has 1 aromatic heterocycles. The molecule has 0 saturated carbocycles. The van der Waals surface area contributed by atoms with Gasteiger partial charge in [0, 0.05) is 0 Å². The molecule has 1 unspecified atom stereocenters. The van der Waals surface area contributed by atoms with E-state index in [2.05, 4.69) is 15.3 Å². The van der Waals surface area contributed by atoms with Crippen LogP contribution in [0.1, 0.15) is 18.5 Å². The molecule has 0 saturated heterocycles. The summed E-state index contributed by atoms with van der Waals surface area (Å²) >= 11 is 0. The van der Waals surface area contributed by atoms with Gasteiger partial charge in [-0.1, -0.05) is 12.1 Å². The van der Waals surface area contributed by atoms with E-state index < -0.39 is 5.56 Å². The van der Waals surface area contributed by atoms with Gasteiger partial charge in [-0.05, 0) is 24.6 Å². The van der Waals surface area contributed by atoms with Crippen molar-refractivity contribution in [2.75, 3.05) is 11.1 Å². The van der Waals surface area contributed by atoms with Gasteiger partial charge in [-0.25, -0.2) is 9.37 Å². The number of nitrogens with two attached hydrogens (primary N) is 1. The highest BCUT2D eigenvalue weighted by molar-refractivity contribution is 5.59. The third-order valence-corrected chi connectivity index (χ3v) is 2.59. The van der Waals surface area contributed by atoms with Crippen LogP contribution in [0.25, 0.3) is 0 Å². The highest BCUT2D eigenvalue weighted by atomic mass is 19.1. The summed E-state index contributed by atoms with van der Waals surface area (Å²) in [5.74, 6) is -0.0245. The van der Waals surface area contributed by atoms with Gasteiger partial charge in [-0.3, -0.25) is 4.79 Å². The molecule has 0 fully saturated rings. The number of aromatic amines is 1. The molecule has 6 heteroatoms. The molecule has 0 spiro atoms. The van der Waals surface area contributed by atoms with Gasteiger partial charge >= 0.3 is 0 Å². The maximum atomic E-state index is 13.1. The monoisotopic (exact) mass is 248 g/mol. The van der Waals surface area contributed by atoms with Crippen molar-refractivity contribution in [2.24, 2.45) is 0 Å². The van der Waals surface area contributed by atoms with E-state index in [1.54, 1.807) is 12.1 Å². The fourth-order valence-corrected chi connectivity index (χ4v) is 1.59. The predicted octanol–water partition coefficient (Wildman–Crippen LogP) is 1.66. The molecule has 0 aliphatic carbocycles. The Morgan fingerprint density at radius 2 is 2.28 bits per heavy atom. The Morgan fingerprint density at radius 1 is 1.50 bits per heavy atom. The van der Waals surface area contributed by atoms with Crippen molar-refractivity contribution in [3.8, 4) is 0 Å². The van der Waals surface area contributed by atoms with Gasteiger partial charge in [0.1, 0.15) is 11.5 Å². The lowest BCUT2D eigenvalue weighted by atomic mass is 10.1. The number of nitrogen functional groups attached to an aromatic ring is 1. The molecule has 1 heterocycles. The molecule has 2 rings (SSSR count). The predicted molar refractivity (Wildman–Crippen MR) is 67.7 cm³/mol. The molecule has 4 N–H and O–H groups in total. The van der Waals surface area contributed by atoms with Crippen molar-refractivity contribution in [2.45, 2.75) is 13.0 Å². The van der Waals surface area contributed by atoms with E-state index in [0.717, 1.165) is 5.56 Å². The molecule has 0 aliphatic heterocycles. The fourth-order valence-electron chi connectivity index (χ4n) is 1.59. The lowest BCUT2D eigenvalue weighted by Crippen LogP contribution is -2.17. The number of nitrogens with zero attached hydrogens (tertiary/aromatic N) is 1. The van der Waals surface area contributed by atoms with E-state index in [-0.39, 0.29) is 23.4 Å². The number of benzene rings is 1. The van der Waals surface area contributed by atoms with E-state index in [1.807, 2.05) is 6.92 Å². The number of anilines is 2. The van der Waals surface area contributed by atoms with Crippen LogP contribution in [0, 0.1) is 5.82 Å². The van der Waals surface area contributed by atoms with Gasteiger partial charge in [0.2, 0.25) is 0 Å². The average Bonchev–Trinajstić information content (AvgIpc) is 2.35. The first-order valence-corrected chi connectivity index (χ1v) is 5.43. The quantitative estimate of drug-likeness (QED) is 0.771. The molecule has 0 radical (unpaired) electrons. The van der Waals surface area contributed by atoms with Gasteiger partial charge in [-0.2, -0.15) is 0 Å². The van der Waals surface area contributed by atoms with E-state index in [4.69, 9.17) is 5.73 Å². The number of hydrogen-bond acceptors (Lipinski definition) is 4. The Bertz CT molecular complexity index is 611. The van der Waals surface area contributed by atoms with Crippen LogP contribution in [0.3, 0.4) is 0 Å². The summed E-state index contributed by atoms with van der Waals surface area (Å²) in [4.78, 5) is 17.6. The van der Waals surface area contributed by atoms with Gasteiger partial charge in [0.25, 0.3) is 5.56 Å². The van der Waals surface area contributed by atoms with Crippen LogP contribution in [-0.2, 0) is 0 Å². The summed E-state index contributed by atoms with van der Waals surface area (Å²) in [6.07, 6.45) is 1.26. The molecule has 1 atom stereocenters. The summed E-state index contributed by atoms with van der Waals surface area (Å²) < 4.78 is 13.1. The largest absolute Gasteiger partial charge is 0.391 e. The van der Waals surface area contributed by atoms with E-state index in [9.17, 15) is 9.18 Å². The van der Waals surface area contributed by atoms with Crippen molar-refractivity contribution < 1.29 is 4.39 Å². The van der Waals surface area contributed by atoms with Gasteiger partial charge in [0.05, 0.1) is 12.4 Å². The summed E-state index contributed by atoms with van der Waals surface area (Å²) in [5, 5.41) is 2.97. The van der Waals surface area contributed by atoms with E-state index in [0.29, 0.717) is 0 Å². The van der Waals surface area contributed by atoms with Crippen LogP contribution in [0.15, 0.2) is 35.4 Å². The molecule has 2 aromatic rings. The molecule has 1 aromatic carbocycles. The topological polar surface area (TPSA) is 83.8 Å². The molecular weight excluding hydrogens is 235 g/mol. The highest BCUT2D eigenvalue weighted by Gasteiger charge is 2.10. The second-order valence-electron chi connectivity index (χ2n) is 3.91. The van der Waals surface area contributed by atoms with Crippen molar-refractivity contribution in [3.63, 3.8) is 0 Å². The first kappa shape index (κ1) is 12.1. The summed E-state index contributed by atoms with van der Waals surface area (Å²) in [6, 6.07) is 5.98. The molecule has 94 valence electrons. The SMILES string of the molecule is CC(Nc1nc[nH]c(=O)c1N)c1cccc(F)c1. The molecule has 0 amide bonds. The zero-order valence-electron chi connectivity index (χ0n) is 9.77. The standard InChI is InChI=1S/C12H13FN4O/c1-7(8-3-2-4-9(13)5-8)17-11-10(14)12(18)16-6-15-11/h2-7H,14H2,1H3,(H2,15,16,17,18). The van der Waals surface area contributed by atoms with Crippen LogP contribution in [0.5, 0.6) is 0 Å². The number of H-pyrrole nitrogens is 1. The maximum Gasteiger partial charge on any atom is 0.276 e. The second-order valence-corrected chi connectivity index (χ2v) is 3.91. The smallest absolute Gasteiger partial charge is 0.276 e. The van der Waals surface area contributed by atoms with Crippen molar-refractivity contribution in [1.29, 1.82) is 0 Å². The van der Waals surface area contributed by atoms with Gasteiger partial charge in [0.15, 0.2) is 5.82 Å². The zero-order chi connectivity index (χ0) is 13.1. The van der Waals surface area contributed by atoms with Crippen LogP contribution in [0.2, 0.25) is 0 Å². The molecule has 18 heavy (non-hydrogen) atoms. The lowest BCUT2D eigenvalue weighted by molar-refractivity contribution is 0.623. The van der Waals surface area contributed by atoms with Crippen molar-refractivity contribution >= 4 is 11.5 Å². The number of hydrogen-bond donors (Lipinski definition) is 3. The number of rotatable bonds is 3. The third-order valence-electron chi connectivity index (χ3n) is 2.59. The van der Waals surface area contributed by atoms with E-state index >= 15 is 0 Å². The Labute approximate surface area is 103 Å². The Hall–Kier alpha value is -2.37. The van der Waals surface area contributed by atoms with Crippen LogP contribution < -0.4 is 16.6 Å². The molecule has 5 nitrogen and oxygen atoms in total. The Balaban J connectivity index is 2.24. The third kappa shape index (κ3) is 2.48. The fraction of sp³-hybridized carbons (Fsp3) is 0.167. The summed E-state index contributed by atoms with van der Waals surface area (Å²) in [7, 11) is 0. The molecular formula is C12H13FN4O. The number of nitrogens with one attached hydrogen (secondary N) is 2. The lowest BCUT2D eigenvalue weighted by Gasteiger charge is -2.15. The molecule has 0 bridgehead atoms. The zero-order valence-corrected chi connectivity index (χ0v) is 9.77. The average molecular weight is 248 g/mol. The minimum Gasteiger partial charge on any atom is -0.391 e. The Kier molecular flexibility index (Phi) is 3.27. The van der Waals surface area contributed by atoms with E-state index in [1.165, 1.54) is 18.5 Å². The first-order chi connectivity index (χ1) is 8.58. The summed E-state index contributed by atoms with van der Waals surface area (Å²) in [6.45, 7) is 1.83. The van der Waals surface area contributed by atoms with Crippen molar-refractivity contribution in [3.05, 3.63) is 52.3 Å². The summed E-state index contributed by atoms with van der Waals surface area (Å²) in [5.41, 5.74) is 5.95. The van der Waals surface area contributed by atoms with Crippen LogP contribution in [-0.4, -0.2) is 9.97 Å². The van der Waals surface area contributed by atoms with Crippen LogP contribution in [0.4, 0.5) is 15.9 Å². The number of halogens is 1. The number of aromatic nitrogens is 2. The molecule has 0 aliphatic rings. The van der Waals surface area contributed by atoms with Gasteiger partial charge < -0.3 is 16.0 Å². The normalized spacial score (nSPS) is 12.1. The Morgan fingerprint density at radius 3 is 3.00 bits per heavy atom. The van der Waals surface area contributed by atoms with Gasteiger partial charge in [-0.15, -0.1) is 0 Å². The highest BCUT2D eigenvalue weighted by Crippen LogP contribution is 2.20. The van der Waals surface area contributed by atoms with Crippen LogP contribution >= 0.6 is 0 Å². The first-order valence-electron chi connectivity index (χ1n) is 5.43. The minimum atomic E-state index is -0.404. The minimum absolute atomic E-state index is 0.0146. The maximum absolute atomic E-state index is 13.1. The van der Waals surface area contributed by atoms with Crippen molar-refractivity contribution in [1.82, 2.24) is 9.97 Å². The second kappa shape index (κ2) is 4.87.